The van der Waals surface area contributed by atoms with Crippen molar-refractivity contribution in [2.24, 2.45) is 5.41 Å². The summed E-state index contributed by atoms with van der Waals surface area (Å²) in [5.41, 5.74) is 0.0637. The summed E-state index contributed by atoms with van der Waals surface area (Å²) < 4.78 is 5.61. The van der Waals surface area contributed by atoms with Gasteiger partial charge in [-0.25, -0.2) is 4.79 Å². The molecule has 1 aliphatic carbocycles. The second-order valence-electron chi connectivity index (χ2n) is 8.95. The van der Waals surface area contributed by atoms with Gasteiger partial charge in [-0.1, -0.05) is 36.6 Å². The van der Waals surface area contributed by atoms with E-state index in [1.807, 2.05) is 20.8 Å². The zero-order valence-corrected chi connectivity index (χ0v) is 17.0. The van der Waals surface area contributed by atoms with Gasteiger partial charge in [-0.3, -0.25) is 4.79 Å². The van der Waals surface area contributed by atoms with Crippen molar-refractivity contribution in [1.29, 1.82) is 0 Å². The van der Waals surface area contributed by atoms with Crippen molar-refractivity contribution < 1.29 is 19.4 Å². The summed E-state index contributed by atoms with van der Waals surface area (Å²) >= 11 is 5.97. The van der Waals surface area contributed by atoms with Crippen LogP contribution in [0.4, 0.5) is 4.79 Å². The topological polar surface area (TPSA) is 66.8 Å². The molecule has 1 aromatic carbocycles. The Morgan fingerprint density at radius 2 is 1.81 bits per heavy atom. The largest absolute Gasteiger partial charge is 0.481 e. The molecular formula is C21H28ClNO4. The van der Waals surface area contributed by atoms with E-state index in [1.54, 1.807) is 29.2 Å². The monoisotopic (exact) mass is 393 g/mol. The van der Waals surface area contributed by atoms with Gasteiger partial charge in [0, 0.05) is 11.6 Å². The van der Waals surface area contributed by atoms with Crippen LogP contribution in [0.5, 0.6) is 0 Å². The van der Waals surface area contributed by atoms with Crippen molar-refractivity contribution >= 4 is 23.7 Å². The van der Waals surface area contributed by atoms with Gasteiger partial charge in [0.15, 0.2) is 0 Å². The molecule has 2 fully saturated rings. The first-order chi connectivity index (χ1) is 12.6. The van der Waals surface area contributed by atoms with Gasteiger partial charge in [0.2, 0.25) is 0 Å². The lowest BCUT2D eigenvalue weighted by atomic mass is 9.80. The highest BCUT2D eigenvalue weighted by atomic mass is 35.5. The number of carboxylic acids is 1. The molecule has 0 aromatic heterocycles. The smallest absolute Gasteiger partial charge is 0.410 e. The van der Waals surface area contributed by atoms with E-state index < -0.39 is 29.6 Å². The van der Waals surface area contributed by atoms with E-state index in [9.17, 15) is 14.7 Å². The van der Waals surface area contributed by atoms with Crippen LogP contribution in [-0.2, 0) is 9.53 Å². The maximum Gasteiger partial charge on any atom is 0.410 e. The molecule has 1 aromatic rings. The Morgan fingerprint density at radius 3 is 2.33 bits per heavy atom. The number of nitrogens with zero attached hydrogens (tertiary/aromatic N) is 1. The summed E-state index contributed by atoms with van der Waals surface area (Å²) in [6, 6.07) is 6.47. The standard InChI is InChI=1S/C21H28ClNO4/c1-20(2,3)27-19(26)23-13-21(10-4-5-11-21)12-16(23)17(18(24)25)14-6-8-15(22)9-7-14/h6-9,16-17H,4-5,10-13H2,1-3H3,(H,24,25)/t16-,17-/m0/s1. The Bertz CT molecular complexity index is 704. The van der Waals surface area contributed by atoms with Gasteiger partial charge in [0.05, 0.1) is 6.04 Å². The van der Waals surface area contributed by atoms with Crippen molar-refractivity contribution in [3.8, 4) is 0 Å². The Hall–Kier alpha value is -1.75. The molecule has 1 saturated heterocycles. The molecule has 1 aliphatic heterocycles. The first kappa shape index (κ1) is 20.0. The molecule has 3 rings (SSSR count). The van der Waals surface area contributed by atoms with Crippen LogP contribution in [0.3, 0.4) is 0 Å². The lowest BCUT2D eigenvalue weighted by molar-refractivity contribution is -0.140. The molecule has 148 valence electrons. The first-order valence-corrected chi connectivity index (χ1v) is 9.96. The van der Waals surface area contributed by atoms with Gasteiger partial charge < -0.3 is 14.7 Å². The molecule has 1 heterocycles. The molecular weight excluding hydrogens is 366 g/mol. The fourth-order valence-electron chi connectivity index (χ4n) is 4.60. The summed E-state index contributed by atoms with van der Waals surface area (Å²) in [4.78, 5) is 26.8. The summed E-state index contributed by atoms with van der Waals surface area (Å²) in [5, 5.41) is 10.6. The van der Waals surface area contributed by atoms with E-state index in [4.69, 9.17) is 16.3 Å². The van der Waals surface area contributed by atoms with Gasteiger partial charge in [0.25, 0.3) is 0 Å². The molecule has 1 amide bonds. The zero-order valence-electron chi connectivity index (χ0n) is 16.2. The lowest BCUT2D eigenvalue weighted by Gasteiger charge is -2.31. The number of halogens is 1. The minimum atomic E-state index is -0.925. The van der Waals surface area contributed by atoms with Crippen molar-refractivity contribution in [1.82, 2.24) is 4.90 Å². The summed E-state index contributed by atoms with van der Waals surface area (Å²) in [6.07, 6.45) is 4.62. The third kappa shape index (κ3) is 4.40. The Morgan fingerprint density at radius 1 is 1.22 bits per heavy atom. The Balaban J connectivity index is 1.95. The molecule has 1 N–H and O–H groups in total. The molecule has 0 unspecified atom stereocenters. The number of carbonyl (C=O) groups excluding carboxylic acids is 1. The van der Waals surface area contributed by atoms with Gasteiger partial charge in [-0.2, -0.15) is 0 Å². The maximum atomic E-state index is 12.9. The number of carbonyl (C=O) groups is 2. The molecule has 0 bridgehead atoms. The van der Waals surface area contributed by atoms with Crippen LogP contribution in [0, 0.1) is 5.41 Å². The average Bonchev–Trinajstić information content (AvgIpc) is 3.15. The van der Waals surface area contributed by atoms with Crippen LogP contribution in [-0.4, -0.2) is 40.3 Å². The third-order valence-electron chi connectivity index (χ3n) is 5.72. The van der Waals surface area contributed by atoms with E-state index in [0.29, 0.717) is 23.6 Å². The molecule has 2 aliphatic rings. The molecule has 1 spiro atoms. The van der Waals surface area contributed by atoms with E-state index >= 15 is 0 Å². The number of ether oxygens (including phenoxy) is 1. The molecule has 0 radical (unpaired) electrons. The fourth-order valence-corrected chi connectivity index (χ4v) is 4.73. The predicted molar refractivity (Wildman–Crippen MR) is 104 cm³/mol. The normalized spacial score (nSPS) is 22.8. The van der Waals surface area contributed by atoms with E-state index in [1.165, 1.54) is 0 Å². The van der Waals surface area contributed by atoms with E-state index in [-0.39, 0.29) is 5.41 Å². The minimum Gasteiger partial charge on any atom is -0.481 e. The second-order valence-corrected chi connectivity index (χ2v) is 9.39. The van der Waals surface area contributed by atoms with Crippen LogP contribution in [0.15, 0.2) is 24.3 Å². The Kier molecular flexibility index (Phi) is 5.44. The molecule has 27 heavy (non-hydrogen) atoms. The van der Waals surface area contributed by atoms with E-state index in [2.05, 4.69) is 0 Å². The molecule has 2 atom stereocenters. The number of hydrogen-bond acceptors (Lipinski definition) is 3. The molecule has 1 saturated carbocycles. The maximum absolute atomic E-state index is 12.9. The van der Waals surface area contributed by atoms with Gasteiger partial charge in [0.1, 0.15) is 11.5 Å². The number of benzene rings is 1. The van der Waals surface area contributed by atoms with Crippen molar-refractivity contribution in [3.05, 3.63) is 34.9 Å². The highest BCUT2D eigenvalue weighted by Gasteiger charge is 2.52. The van der Waals surface area contributed by atoms with E-state index in [0.717, 1.165) is 25.7 Å². The van der Waals surface area contributed by atoms with Crippen LogP contribution in [0.2, 0.25) is 5.02 Å². The van der Waals surface area contributed by atoms with Crippen LogP contribution in [0.25, 0.3) is 0 Å². The van der Waals surface area contributed by atoms with Gasteiger partial charge in [-0.05, 0) is 63.1 Å². The average molecular weight is 394 g/mol. The van der Waals surface area contributed by atoms with Gasteiger partial charge >= 0.3 is 12.1 Å². The van der Waals surface area contributed by atoms with Crippen molar-refractivity contribution in [3.63, 3.8) is 0 Å². The second kappa shape index (κ2) is 7.34. The summed E-state index contributed by atoms with van der Waals surface area (Å²) in [5.74, 6) is -1.72. The number of hydrogen-bond donors (Lipinski definition) is 1. The predicted octanol–water partition coefficient (Wildman–Crippen LogP) is 5.08. The first-order valence-electron chi connectivity index (χ1n) is 9.58. The van der Waals surface area contributed by atoms with Crippen molar-refractivity contribution in [2.45, 2.75) is 70.4 Å². The quantitative estimate of drug-likeness (QED) is 0.777. The number of aliphatic carboxylic acids is 1. The number of carboxylic acid groups (broad SMARTS) is 1. The highest BCUT2D eigenvalue weighted by Crippen LogP contribution is 2.50. The number of likely N-dealkylation sites (tertiary alicyclic amines) is 1. The SMILES string of the molecule is CC(C)(C)OC(=O)N1CC2(CCCC2)C[C@H]1[C@@H](C(=O)O)c1ccc(Cl)cc1. The number of amides is 1. The lowest BCUT2D eigenvalue weighted by Crippen LogP contribution is -2.44. The van der Waals surface area contributed by atoms with Crippen molar-refractivity contribution in [2.75, 3.05) is 6.54 Å². The molecule has 6 heteroatoms. The minimum absolute atomic E-state index is 0.0156. The highest BCUT2D eigenvalue weighted by molar-refractivity contribution is 6.30. The van der Waals surface area contributed by atoms with Crippen LogP contribution < -0.4 is 0 Å². The third-order valence-corrected chi connectivity index (χ3v) is 5.97. The number of rotatable bonds is 3. The molecule has 5 nitrogen and oxygen atoms in total. The fraction of sp³-hybridized carbons (Fsp3) is 0.619. The summed E-state index contributed by atoms with van der Waals surface area (Å²) in [6.45, 7) is 6.06. The van der Waals surface area contributed by atoms with Crippen LogP contribution in [0.1, 0.15) is 64.4 Å². The Labute approximate surface area is 165 Å². The van der Waals surface area contributed by atoms with Crippen LogP contribution >= 0.6 is 11.6 Å². The van der Waals surface area contributed by atoms with Gasteiger partial charge in [-0.15, -0.1) is 0 Å². The summed E-state index contributed by atoms with van der Waals surface area (Å²) in [7, 11) is 0. The zero-order chi connectivity index (χ0) is 19.8.